The van der Waals surface area contributed by atoms with Gasteiger partial charge in [0.2, 0.25) is 0 Å². The molecule has 23 heavy (non-hydrogen) atoms. The van der Waals surface area contributed by atoms with Crippen LogP contribution in [0.3, 0.4) is 0 Å². The Morgan fingerprint density at radius 3 is 1.61 bits per heavy atom. The molecule has 0 aliphatic carbocycles. The fourth-order valence-electron chi connectivity index (χ4n) is 1.34. The number of hydrogen-bond donors (Lipinski definition) is 0. The second kappa shape index (κ2) is 9.91. The van der Waals surface area contributed by atoms with Crippen molar-refractivity contribution < 1.29 is 27.2 Å². The van der Waals surface area contributed by atoms with E-state index in [9.17, 15) is 4.79 Å². The predicted octanol–water partition coefficient (Wildman–Crippen LogP) is 3.60. The molecule has 0 aromatic heterocycles. The Morgan fingerprint density at radius 2 is 1.26 bits per heavy atom. The number of esters is 1. The van der Waals surface area contributed by atoms with Crippen molar-refractivity contribution in [2.45, 2.75) is 34.1 Å². The lowest BCUT2D eigenvalue weighted by Gasteiger charge is -2.28. The van der Waals surface area contributed by atoms with Crippen LogP contribution in [0.2, 0.25) is 0 Å². The van der Waals surface area contributed by atoms with Crippen LogP contribution in [0.25, 0.3) is 0 Å². The first-order chi connectivity index (χ1) is 10.6. The van der Waals surface area contributed by atoms with Crippen molar-refractivity contribution in [2.75, 3.05) is 13.2 Å². The van der Waals surface area contributed by atoms with Crippen molar-refractivity contribution >= 4 is 15.0 Å². The summed E-state index contributed by atoms with van der Waals surface area (Å²) >= 11 is 0. The highest BCUT2D eigenvalue weighted by Crippen LogP contribution is 2.21. The Hall–Kier alpha value is -1.99. The number of carbonyl (C=O) groups excluding carboxylic acids is 1. The van der Waals surface area contributed by atoms with E-state index in [1.807, 2.05) is 0 Å². The van der Waals surface area contributed by atoms with Gasteiger partial charge in [0.15, 0.2) is 0 Å². The SMILES string of the molecule is C=C(C)O[Si](OCCCOC(=O)C(=C)C)(OC(=C)C)OC(=C)C. The van der Waals surface area contributed by atoms with Crippen molar-refractivity contribution in [2.24, 2.45) is 0 Å². The lowest BCUT2D eigenvalue weighted by atomic mass is 10.4. The Morgan fingerprint density at radius 1 is 0.826 bits per heavy atom. The zero-order valence-electron chi connectivity index (χ0n) is 14.4. The molecule has 0 rings (SSSR count). The molecule has 0 radical (unpaired) electrons. The van der Waals surface area contributed by atoms with Gasteiger partial charge in [-0.25, -0.2) is 4.79 Å². The standard InChI is InChI=1S/C16H26O6Si/c1-12(2)16(17)18-10-9-11-19-23(20-13(3)4,21-14(5)6)22-15(7)8/h1,3,5,7,9-11H2,2,4,6,8H3. The van der Waals surface area contributed by atoms with Crippen LogP contribution in [0.5, 0.6) is 0 Å². The molecule has 0 aliphatic rings. The second-order valence-corrected chi connectivity index (χ2v) is 6.93. The van der Waals surface area contributed by atoms with Crippen LogP contribution in [0.1, 0.15) is 34.1 Å². The predicted molar refractivity (Wildman–Crippen MR) is 89.8 cm³/mol. The van der Waals surface area contributed by atoms with Crippen molar-refractivity contribution in [1.82, 2.24) is 0 Å². The Bertz CT molecular complexity index is 442. The fourth-order valence-corrected chi connectivity index (χ4v) is 3.31. The number of allylic oxidation sites excluding steroid dienone is 3. The molecule has 0 amide bonds. The highest BCUT2D eigenvalue weighted by atomic mass is 28.4. The van der Waals surface area contributed by atoms with E-state index in [0.717, 1.165) is 0 Å². The summed E-state index contributed by atoms with van der Waals surface area (Å²) in [5.41, 5.74) is 0.344. The molecule has 7 heteroatoms. The molecule has 0 aromatic rings. The molecule has 0 saturated heterocycles. The average molecular weight is 342 g/mol. The van der Waals surface area contributed by atoms with Gasteiger partial charge in [0, 0.05) is 18.6 Å². The van der Waals surface area contributed by atoms with Crippen molar-refractivity contribution in [3.63, 3.8) is 0 Å². The third-order valence-electron chi connectivity index (χ3n) is 2.05. The first-order valence-corrected chi connectivity index (χ1v) is 8.71. The maximum Gasteiger partial charge on any atom is 0.892 e. The monoisotopic (exact) mass is 342 g/mol. The molecular weight excluding hydrogens is 316 g/mol. The van der Waals surface area contributed by atoms with Gasteiger partial charge in [-0.15, -0.1) is 0 Å². The topological polar surface area (TPSA) is 63.2 Å². The molecule has 6 nitrogen and oxygen atoms in total. The summed E-state index contributed by atoms with van der Waals surface area (Å²) < 4.78 is 27.3. The molecule has 0 heterocycles. The first kappa shape index (κ1) is 21.0. The minimum absolute atomic E-state index is 0.184. The van der Waals surface area contributed by atoms with Crippen LogP contribution in [-0.2, 0) is 27.2 Å². The van der Waals surface area contributed by atoms with E-state index >= 15 is 0 Å². The molecule has 0 bridgehead atoms. The fraction of sp³-hybridized carbons (Fsp3) is 0.438. The Labute approximate surface area is 139 Å². The van der Waals surface area contributed by atoms with Crippen molar-refractivity contribution in [1.29, 1.82) is 0 Å². The molecule has 0 saturated carbocycles. The zero-order valence-corrected chi connectivity index (χ0v) is 15.4. The van der Waals surface area contributed by atoms with Crippen LogP contribution in [0.15, 0.2) is 49.2 Å². The van der Waals surface area contributed by atoms with Gasteiger partial charge in [-0.2, -0.15) is 0 Å². The molecule has 0 fully saturated rings. The first-order valence-electron chi connectivity index (χ1n) is 7.08. The van der Waals surface area contributed by atoms with Crippen LogP contribution in [0.4, 0.5) is 0 Å². The largest absolute Gasteiger partial charge is 0.892 e. The van der Waals surface area contributed by atoms with Gasteiger partial charge in [-0.3, -0.25) is 0 Å². The molecular formula is C16H26O6Si. The third kappa shape index (κ3) is 9.59. The van der Waals surface area contributed by atoms with Crippen molar-refractivity contribution in [3.05, 3.63) is 49.2 Å². The molecule has 0 spiro atoms. The summed E-state index contributed by atoms with van der Waals surface area (Å²) in [4.78, 5) is 11.3. The minimum atomic E-state index is -3.54. The van der Waals surface area contributed by atoms with E-state index < -0.39 is 15.0 Å². The quantitative estimate of drug-likeness (QED) is 0.177. The summed E-state index contributed by atoms with van der Waals surface area (Å²) in [6.45, 7) is 21.5. The van der Waals surface area contributed by atoms with Crippen LogP contribution < -0.4 is 0 Å². The van der Waals surface area contributed by atoms with Gasteiger partial charge < -0.3 is 22.4 Å². The van der Waals surface area contributed by atoms with E-state index in [0.29, 0.717) is 29.3 Å². The number of rotatable bonds is 12. The third-order valence-corrected chi connectivity index (χ3v) is 4.40. The van der Waals surface area contributed by atoms with Crippen LogP contribution in [0, 0.1) is 0 Å². The second-order valence-electron chi connectivity index (χ2n) is 5.03. The normalized spacial score (nSPS) is 10.4. The summed E-state index contributed by atoms with van der Waals surface area (Å²) in [5.74, 6) is 0.705. The van der Waals surface area contributed by atoms with Crippen LogP contribution in [-0.4, -0.2) is 28.2 Å². The van der Waals surface area contributed by atoms with E-state index in [2.05, 4.69) is 26.3 Å². The summed E-state index contributed by atoms with van der Waals surface area (Å²) in [7, 11) is -3.54. The van der Waals surface area contributed by atoms with Gasteiger partial charge in [-0.1, -0.05) is 26.3 Å². The Kier molecular flexibility index (Phi) is 9.05. The maximum atomic E-state index is 11.3. The lowest BCUT2D eigenvalue weighted by molar-refractivity contribution is -0.139. The highest BCUT2D eigenvalue weighted by molar-refractivity contribution is 6.54. The molecule has 0 atom stereocenters. The zero-order chi connectivity index (χ0) is 18.0. The number of carbonyl (C=O) groups is 1. The minimum Gasteiger partial charge on any atom is -0.467 e. The Balaban J connectivity index is 4.69. The van der Waals surface area contributed by atoms with Gasteiger partial charge in [-0.05, 0) is 27.7 Å². The molecule has 0 unspecified atom stereocenters. The number of ether oxygens (including phenoxy) is 1. The van der Waals surface area contributed by atoms with Gasteiger partial charge in [0.25, 0.3) is 0 Å². The smallest absolute Gasteiger partial charge is 0.467 e. The average Bonchev–Trinajstić information content (AvgIpc) is 2.34. The molecule has 130 valence electrons. The summed E-state index contributed by atoms with van der Waals surface area (Å²) in [6, 6.07) is 0. The van der Waals surface area contributed by atoms with Gasteiger partial charge >= 0.3 is 15.0 Å². The van der Waals surface area contributed by atoms with Gasteiger partial charge in [0.1, 0.15) is 0 Å². The van der Waals surface area contributed by atoms with E-state index in [1.165, 1.54) is 0 Å². The highest BCUT2D eigenvalue weighted by Gasteiger charge is 2.54. The number of hydrogen-bond acceptors (Lipinski definition) is 6. The van der Waals surface area contributed by atoms with Gasteiger partial charge in [0.05, 0.1) is 23.9 Å². The van der Waals surface area contributed by atoms with E-state index in [4.69, 9.17) is 22.4 Å². The molecule has 0 aliphatic heterocycles. The van der Waals surface area contributed by atoms with Crippen molar-refractivity contribution in [3.8, 4) is 0 Å². The summed E-state index contributed by atoms with van der Waals surface area (Å²) in [5, 5.41) is 0. The summed E-state index contributed by atoms with van der Waals surface area (Å²) in [6.07, 6.45) is 0.437. The van der Waals surface area contributed by atoms with E-state index in [1.54, 1.807) is 27.7 Å². The molecule has 0 aromatic carbocycles. The molecule has 0 N–H and O–H groups in total. The van der Waals surface area contributed by atoms with Crippen LogP contribution >= 0.6 is 0 Å². The van der Waals surface area contributed by atoms with E-state index in [-0.39, 0.29) is 13.2 Å². The lowest BCUT2D eigenvalue weighted by Crippen LogP contribution is -2.48. The maximum absolute atomic E-state index is 11.3.